The van der Waals surface area contributed by atoms with E-state index in [0.29, 0.717) is 36.7 Å². The molecule has 0 N–H and O–H groups in total. The first-order chi connectivity index (χ1) is 8.68. The summed E-state index contributed by atoms with van der Waals surface area (Å²) < 4.78 is 11.4. The molecule has 2 heterocycles. The lowest BCUT2D eigenvalue weighted by atomic mass is 10.3. The average molecular weight is 315 g/mol. The maximum absolute atomic E-state index is 12.1. The fourth-order valence-corrected chi connectivity index (χ4v) is 2.08. The predicted octanol–water partition coefficient (Wildman–Crippen LogP) is 1.47. The number of hydrogen-bond donors (Lipinski definition) is 0. The van der Waals surface area contributed by atoms with Crippen molar-refractivity contribution in [3.05, 3.63) is 22.9 Å². The van der Waals surface area contributed by atoms with Gasteiger partial charge in [-0.3, -0.25) is 4.79 Å². The van der Waals surface area contributed by atoms with Crippen LogP contribution in [0.25, 0.3) is 0 Å². The second kappa shape index (κ2) is 6.15. The molecule has 1 amide bonds. The van der Waals surface area contributed by atoms with Gasteiger partial charge in [0.1, 0.15) is 4.60 Å². The maximum Gasteiger partial charge on any atom is 0.263 e. The molecule has 1 atom stereocenters. The minimum Gasteiger partial charge on any atom is -0.478 e. The standard InChI is InChI=1S/C12H15BrN2O3/c1-9(12(16)15-5-7-17-8-6-15)18-10-3-2-4-14-11(10)13/h2-4,9H,5-8H2,1H3. The number of hydrogen-bond acceptors (Lipinski definition) is 4. The highest BCUT2D eigenvalue weighted by Gasteiger charge is 2.24. The first-order valence-electron chi connectivity index (χ1n) is 5.82. The Morgan fingerprint density at radius 1 is 1.56 bits per heavy atom. The van der Waals surface area contributed by atoms with Crippen LogP contribution in [-0.2, 0) is 9.53 Å². The van der Waals surface area contributed by atoms with Crippen LogP contribution in [0.5, 0.6) is 5.75 Å². The van der Waals surface area contributed by atoms with Gasteiger partial charge in [-0.25, -0.2) is 4.98 Å². The van der Waals surface area contributed by atoms with E-state index in [4.69, 9.17) is 9.47 Å². The van der Waals surface area contributed by atoms with Gasteiger partial charge in [-0.15, -0.1) is 0 Å². The Bertz CT molecular complexity index is 422. The molecule has 1 aliphatic heterocycles. The van der Waals surface area contributed by atoms with Crippen LogP contribution in [0.15, 0.2) is 22.9 Å². The predicted molar refractivity (Wildman–Crippen MR) is 69.4 cm³/mol. The summed E-state index contributed by atoms with van der Waals surface area (Å²) in [6.45, 7) is 4.18. The minimum atomic E-state index is -0.524. The summed E-state index contributed by atoms with van der Waals surface area (Å²) in [7, 11) is 0. The van der Waals surface area contributed by atoms with Gasteiger partial charge in [-0.2, -0.15) is 0 Å². The molecule has 0 spiro atoms. The monoisotopic (exact) mass is 314 g/mol. The van der Waals surface area contributed by atoms with Crippen molar-refractivity contribution < 1.29 is 14.3 Å². The van der Waals surface area contributed by atoms with Crippen LogP contribution >= 0.6 is 15.9 Å². The van der Waals surface area contributed by atoms with E-state index < -0.39 is 6.10 Å². The van der Waals surface area contributed by atoms with E-state index >= 15 is 0 Å². The van der Waals surface area contributed by atoms with Crippen molar-refractivity contribution in [1.82, 2.24) is 9.88 Å². The second-order valence-electron chi connectivity index (χ2n) is 3.99. The van der Waals surface area contributed by atoms with Crippen molar-refractivity contribution in [1.29, 1.82) is 0 Å². The highest BCUT2D eigenvalue weighted by molar-refractivity contribution is 9.10. The lowest BCUT2D eigenvalue weighted by Crippen LogP contribution is -2.46. The van der Waals surface area contributed by atoms with Gasteiger partial charge >= 0.3 is 0 Å². The summed E-state index contributed by atoms with van der Waals surface area (Å²) in [4.78, 5) is 17.9. The Balaban J connectivity index is 1.96. The van der Waals surface area contributed by atoms with Crippen LogP contribution < -0.4 is 4.74 Å². The van der Waals surface area contributed by atoms with E-state index in [1.54, 1.807) is 30.2 Å². The second-order valence-corrected chi connectivity index (χ2v) is 4.74. The van der Waals surface area contributed by atoms with Crippen LogP contribution in [-0.4, -0.2) is 48.2 Å². The summed E-state index contributed by atoms with van der Waals surface area (Å²) in [5.74, 6) is 0.556. The summed E-state index contributed by atoms with van der Waals surface area (Å²) in [6, 6.07) is 3.55. The zero-order valence-electron chi connectivity index (χ0n) is 10.1. The summed E-state index contributed by atoms with van der Waals surface area (Å²) >= 11 is 3.29. The highest BCUT2D eigenvalue weighted by atomic mass is 79.9. The van der Waals surface area contributed by atoms with Crippen LogP contribution in [0.4, 0.5) is 0 Å². The van der Waals surface area contributed by atoms with Gasteiger partial charge in [0.25, 0.3) is 5.91 Å². The first kappa shape index (κ1) is 13.3. The van der Waals surface area contributed by atoms with E-state index in [-0.39, 0.29) is 5.91 Å². The van der Waals surface area contributed by atoms with E-state index in [0.717, 1.165) is 0 Å². The number of nitrogens with zero attached hydrogens (tertiary/aromatic N) is 2. The molecular weight excluding hydrogens is 300 g/mol. The molecule has 0 bridgehead atoms. The van der Waals surface area contributed by atoms with Crippen LogP contribution in [0.1, 0.15) is 6.92 Å². The third kappa shape index (κ3) is 3.20. The molecule has 0 radical (unpaired) electrons. The molecule has 1 unspecified atom stereocenters. The first-order valence-corrected chi connectivity index (χ1v) is 6.61. The number of carbonyl (C=O) groups is 1. The van der Waals surface area contributed by atoms with E-state index in [1.807, 2.05) is 0 Å². The Labute approximate surface area is 114 Å². The van der Waals surface area contributed by atoms with Crippen LogP contribution in [0.2, 0.25) is 0 Å². The normalized spacial score (nSPS) is 17.3. The van der Waals surface area contributed by atoms with E-state index in [2.05, 4.69) is 20.9 Å². The molecule has 98 valence electrons. The zero-order chi connectivity index (χ0) is 13.0. The van der Waals surface area contributed by atoms with Crippen molar-refractivity contribution in [2.45, 2.75) is 13.0 Å². The van der Waals surface area contributed by atoms with Gasteiger partial charge in [0, 0.05) is 19.3 Å². The largest absolute Gasteiger partial charge is 0.478 e. The SMILES string of the molecule is CC(Oc1cccnc1Br)C(=O)N1CCOCC1. The number of halogens is 1. The maximum atomic E-state index is 12.1. The smallest absolute Gasteiger partial charge is 0.263 e. The molecule has 0 aromatic carbocycles. The fourth-order valence-electron chi connectivity index (χ4n) is 1.74. The lowest BCUT2D eigenvalue weighted by molar-refractivity contribution is -0.142. The Kier molecular flexibility index (Phi) is 4.54. The topological polar surface area (TPSA) is 51.7 Å². The number of carbonyl (C=O) groups excluding carboxylic acids is 1. The van der Waals surface area contributed by atoms with Gasteiger partial charge in [-0.1, -0.05) is 0 Å². The number of morpholine rings is 1. The van der Waals surface area contributed by atoms with E-state index in [1.165, 1.54) is 0 Å². The fraction of sp³-hybridized carbons (Fsp3) is 0.500. The molecule has 1 aliphatic rings. The molecule has 18 heavy (non-hydrogen) atoms. The summed E-state index contributed by atoms with van der Waals surface area (Å²) in [5.41, 5.74) is 0. The summed E-state index contributed by atoms with van der Waals surface area (Å²) in [5, 5.41) is 0. The highest BCUT2D eigenvalue weighted by Crippen LogP contribution is 2.22. The third-order valence-electron chi connectivity index (χ3n) is 2.70. The molecule has 2 rings (SSSR count). The molecule has 1 aromatic heterocycles. The molecule has 0 saturated carbocycles. The zero-order valence-corrected chi connectivity index (χ0v) is 11.7. The quantitative estimate of drug-likeness (QED) is 0.793. The van der Waals surface area contributed by atoms with Crippen molar-refractivity contribution in [2.24, 2.45) is 0 Å². The molecule has 6 heteroatoms. The Morgan fingerprint density at radius 2 is 2.28 bits per heavy atom. The number of pyridine rings is 1. The average Bonchev–Trinajstić information content (AvgIpc) is 2.41. The van der Waals surface area contributed by atoms with Crippen molar-refractivity contribution in [3.8, 4) is 5.75 Å². The van der Waals surface area contributed by atoms with Crippen LogP contribution in [0.3, 0.4) is 0 Å². The molecule has 1 aromatic rings. The van der Waals surface area contributed by atoms with Crippen molar-refractivity contribution >= 4 is 21.8 Å². The molecule has 0 aliphatic carbocycles. The van der Waals surface area contributed by atoms with Gasteiger partial charge < -0.3 is 14.4 Å². The molecule has 1 fully saturated rings. The van der Waals surface area contributed by atoms with E-state index in [9.17, 15) is 4.79 Å². The number of amides is 1. The van der Waals surface area contributed by atoms with Crippen LogP contribution in [0, 0.1) is 0 Å². The minimum absolute atomic E-state index is 0.0194. The Hall–Kier alpha value is -1.14. The third-order valence-corrected chi connectivity index (χ3v) is 3.29. The van der Waals surface area contributed by atoms with Gasteiger partial charge in [0.15, 0.2) is 11.9 Å². The van der Waals surface area contributed by atoms with Crippen molar-refractivity contribution in [2.75, 3.05) is 26.3 Å². The number of aromatic nitrogens is 1. The van der Waals surface area contributed by atoms with Gasteiger partial charge in [-0.05, 0) is 35.0 Å². The molecular formula is C12H15BrN2O3. The summed E-state index contributed by atoms with van der Waals surface area (Å²) in [6.07, 6.45) is 1.13. The van der Waals surface area contributed by atoms with Gasteiger partial charge in [0.05, 0.1) is 13.2 Å². The van der Waals surface area contributed by atoms with Crippen molar-refractivity contribution in [3.63, 3.8) is 0 Å². The lowest BCUT2D eigenvalue weighted by Gasteiger charge is -2.29. The number of ether oxygens (including phenoxy) is 2. The molecule has 1 saturated heterocycles. The van der Waals surface area contributed by atoms with Gasteiger partial charge in [0.2, 0.25) is 0 Å². The Morgan fingerprint density at radius 3 is 2.94 bits per heavy atom. The molecule has 5 nitrogen and oxygen atoms in total. The number of rotatable bonds is 3.